The molecule has 4 aromatic rings. The summed E-state index contributed by atoms with van der Waals surface area (Å²) in [6.07, 6.45) is 7.35. The summed E-state index contributed by atoms with van der Waals surface area (Å²) in [5.74, 6) is 0.592. The minimum Gasteiger partial charge on any atom is -0.437 e. The Morgan fingerprint density at radius 2 is 1.74 bits per heavy atom. The minimum atomic E-state index is 0.592. The number of pyridine rings is 1. The molecule has 0 radical (unpaired) electrons. The van der Waals surface area contributed by atoms with E-state index < -0.39 is 0 Å². The molecule has 0 spiro atoms. The molecule has 0 unspecified atom stereocenters. The third-order valence-corrected chi connectivity index (χ3v) is 3.61. The summed E-state index contributed by atoms with van der Waals surface area (Å²) < 4.78 is 5.76. The minimum absolute atomic E-state index is 0.592. The quantitative estimate of drug-likeness (QED) is 0.530. The van der Waals surface area contributed by atoms with Crippen LogP contribution in [0.5, 0.6) is 0 Å². The molecule has 0 bridgehead atoms. The van der Waals surface area contributed by atoms with Crippen molar-refractivity contribution >= 4 is 23.3 Å². The van der Waals surface area contributed by atoms with Gasteiger partial charge in [-0.05, 0) is 41.0 Å². The molecule has 0 saturated carbocycles. The fourth-order valence-corrected chi connectivity index (χ4v) is 2.47. The SMILES string of the molecule is C(=Cc1nc2cc(-c3ccccc3)ccc2o1)c1cccnc1. The molecule has 0 N–H and O–H groups in total. The van der Waals surface area contributed by atoms with Crippen LogP contribution >= 0.6 is 0 Å². The third kappa shape index (κ3) is 2.90. The van der Waals surface area contributed by atoms with Gasteiger partial charge in [0.2, 0.25) is 5.89 Å². The van der Waals surface area contributed by atoms with E-state index in [0.717, 1.165) is 22.2 Å². The standard InChI is InChI=1S/C20H14N2O/c1-2-6-16(7-3-1)17-9-10-19-18(13-17)22-20(23-19)11-8-15-5-4-12-21-14-15/h1-14H. The zero-order chi connectivity index (χ0) is 15.5. The van der Waals surface area contributed by atoms with Crippen molar-refractivity contribution in [3.8, 4) is 11.1 Å². The molecule has 2 aromatic carbocycles. The number of hydrogen-bond donors (Lipinski definition) is 0. The number of fused-ring (bicyclic) bond motifs is 1. The second-order valence-corrected chi connectivity index (χ2v) is 5.22. The van der Waals surface area contributed by atoms with E-state index in [0.29, 0.717) is 5.89 Å². The van der Waals surface area contributed by atoms with Crippen LogP contribution in [0.3, 0.4) is 0 Å². The van der Waals surface area contributed by atoms with Crippen molar-refractivity contribution in [3.63, 3.8) is 0 Å². The zero-order valence-electron chi connectivity index (χ0n) is 12.4. The van der Waals surface area contributed by atoms with Crippen molar-refractivity contribution in [1.29, 1.82) is 0 Å². The molecule has 0 aliphatic rings. The molecule has 3 heteroatoms. The highest BCUT2D eigenvalue weighted by Crippen LogP contribution is 2.25. The maximum Gasteiger partial charge on any atom is 0.220 e. The second kappa shape index (κ2) is 5.89. The predicted molar refractivity (Wildman–Crippen MR) is 92.6 cm³/mol. The van der Waals surface area contributed by atoms with E-state index in [2.05, 4.69) is 34.2 Å². The van der Waals surface area contributed by atoms with Crippen LogP contribution in [-0.2, 0) is 0 Å². The lowest BCUT2D eigenvalue weighted by molar-refractivity contribution is 0.590. The van der Waals surface area contributed by atoms with Gasteiger partial charge in [-0.1, -0.05) is 42.5 Å². The number of benzene rings is 2. The van der Waals surface area contributed by atoms with Crippen LogP contribution in [0.1, 0.15) is 11.5 Å². The van der Waals surface area contributed by atoms with Gasteiger partial charge >= 0.3 is 0 Å². The molecular weight excluding hydrogens is 284 g/mol. The average molecular weight is 298 g/mol. The van der Waals surface area contributed by atoms with Gasteiger partial charge in [-0.25, -0.2) is 4.98 Å². The molecule has 110 valence electrons. The largest absolute Gasteiger partial charge is 0.437 e. The number of oxazole rings is 1. The Labute approximate surface area is 134 Å². The zero-order valence-corrected chi connectivity index (χ0v) is 12.4. The van der Waals surface area contributed by atoms with Gasteiger partial charge in [-0.15, -0.1) is 0 Å². The lowest BCUT2D eigenvalue weighted by Crippen LogP contribution is -1.77. The molecular formula is C20H14N2O. The molecule has 0 aliphatic heterocycles. The van der Waals surface area contributed by atoms with Crippen LogP contribution in [0.15, 0.2) is 77.5 Å². The van der Waals surface area contributed by atoms with Gasteiger partial charge in [0.05, 0.1) is 0 Å². The fraction of sp³-hybridized carbons (Fsp3) is 0. The first-order valence-corrected chi connectivity index (χ1v) is 7.43. The molecule has 3 nitrogen and oxygen atoms in total. The summed E-state index contributed by atoms with van der Waals surface area (Å²) in [7, 11) is 0. The topological polar surface area (TPSA) is 38.9 Å². The van der Waals surface area contributed by atoms with Crippen molar-refractivity contribution in [2.45, 2.75) is 0 Å². The Morgan fingerprint density at radius 1 is 0.826 bits per heavy atom. The van der Waals surface area contributed by atoms with Crippen LogP contribution in [0.4, 0.5) is 0 Å². The second-order valence-electron chi connectivity index (χ2n) is 5.22. The Bertz CT molecular complexity index is 957. The Kier molecular flexibility index (Phi) is 3.45. The molecule has 2 heterocycles. The van der Waals surface area contributed by atoms with Crippen molar-refractivity contribution in [3.05, 3.63) is 84.5 Å². The Balaban J connectivity index is 1.67. The summed E-state index contributed by atoms with van der Waals surface area (Å²) in [5, 5.41) is 0. The van der Waals surface area contributed by atoms with Crippen molar-refractivity contribution in [1.82, 2.24) is 9.97 Å². The van der Waals surface area contributed by atoms with Crippen LogP contribution in [0, 0.1) is 0 Å². The number of rotatable bonds is 3. The Hall–Kier alpha value is -3.20. The van der Waals surface area contributed by atoms with Crippen LogP contribution in [-0.4, -0.2) is 9.97 Å². The van der Waals surface area contributed by atoms with E-state index >= 15 is 0 Å². The molecule has 0 atom stereocenters. The van der Waals surface area contributed by atoms with Crippen molar-refractivity contribution in [2.75, 3.05) is 0 Å². The lowest BCUT2D eigenvalue weighted by atomic mass is 10.1. The van der Waals surface area contributed by atoms with Crippen LogP contribution in [0.2, 0.25) is 0 Å². The lowest BCUT2D eigenvalue weighted by Gasteiger charge is -1.99. The van der Waals surface area contributed by atoms with Gasteiger partial charge in [0.1, 0.15) is 5.52 Å². The predicted octanol–water partition coefficient (Wildman–Crippen LogP) is 5.06. The Morgan fingerprint density at radius 3 is 2.57 bits per heavy atom. The summed E-state index contributed by atoms with van der Waals surface area (Å²) in [6, 6.07) is 20.2. The van der Waals surface area contributed by atoms with Crippen LogP contribution in [0.25, 0.3) is 34.4 Å². The average Bonchev–Trinajstić information content (AvgIpc) is 3.04. The van der Waals surface area contributed by atoms with E-state index in [1.54, 1.807) is 12.4 Å². The van der Waals surface area contributed by atoms with Gasteiger partial charge in [0.25, 0.3) is 0 Å². The van der Waals surface area contributed by atoms with Gasteiger partial charge in [-0.2, -0.15) is 0 Å². The summed E-state index contributed by atoms with van der Waals surface area (Å²) in [5.41, 5.74) is 4.96. The van der Waals surface area contributed by atoms with Crippen molar-refractivity contribution in [2.24, 2.45) is 0 Å². The van der Waals surface area contributed by atoms with E-state index in [1.807, 2.05) is 48.6 Å². The van der Waals surface area contributed by atoms with Gasteiger partial charge in [0, 0.05) is 18.5 Å². The molecule has 4 rings (SSSR count). The smallest absolute Gasteiger partial charge is 0.220 e. The summed E-state index contributed by atoms with van der Waals surface area (Å²) >= 11 is 0. The van der Waals surface area contributed by atoms with E-state index in [9.17, 15) is 0 Å². The van der Waals surface area contributed by atoms with Gasteiger partial charge < -0.3 is 4.42 Å². The van der Waals surface area contributed by atoms with Gasteiger partial charge in [-0.3, -0.25) is 4.98 Å². The first-order valence-electron chi connectivity index (χ1n) is 7.43. The molecule has 0 saturated heterocycles. The molecule has 0 amide bonds. The summed E-state index contributed by atoms with van der Waals surface area (Å²) in [4.78, 5) is 8.62. The molecule has 2 aromatic heterocycles. The number of nitrogens with zero attached hydrogens (tertiary/aromatic N) is 2. The van der Waals surface area contributed by atoms with Crippen LogP contribution < -0.4 is 0 Å². The molecule has 0 aliphatic carbocycles. The number of hydrogen-bond acceptors (Lipinski definition) is 3. The first kappa shape index (κ1) is 13.5. The fourth-order valence-electron chi connectivity index (χ4n) is 2.47. The third-order valence-electron chi connectivity index (χ3n) is 3.61. The monoisotopic (exact) mass is 298 g/mol. The van der Waals surface area contributed by atoms with Gasteiger partial charge in [0.15, 0.2) is 5.58 Å². The number of aromatic nitrogens is 2. The maximum absolute atomic E-state index is 5.76. The molecule has 23 heavy (non-hydrogen) atoms. The highest BCUT2D eigenvalue weighted by Gasteiger charge is 2.05. The first-order chi connectivity index (χ1) is 11.4. The summed E-state index contributed by atoms with van der Waals surface area (Å²) in [6.45, 7) is 0. The normalized spacial score (nSPS) is 11.3. The highest BCUT2D eigenvalue weighted by molar-refractivity contribution is 5.81. The van der Waals surface area contributed by atoms with E-state index in [-0.39, 0.29) is 0 Å². The highest BCUT2D eigenvalue weighted by atomic mass is 16.3. The maximum atomic E-state index is 5.76. The molecule has 0 fully saturated rings. The van der Waals surface area contributed by atoms with E-state index in [1.165, 1.54) is 5.56 Å². The van der Waals surface area contributed by atoms with E-state index in [4.69, 9.17) is 4.42 Å². The van der Waals surface area contributed by atoms with Crippen molar-refractivity contribution < 1.29 is 4.42 Å².